The lowest BCUT2D eigenvalue weighted by Gasteiger charge is -2.09. The van der Waals surface area contributed by atoms with Crippen molar-refractivity contribution < 1.29 is 9.53 Å². The van der Waals surface area contributed by atoms with Crippen LogP contribution in [0.15, 0.2) is 71.8 Å². The van der Waals surface area contributed by atoms with Gasteiger partial charge >= 0.3 is 0 Å². The van der Waals surface area contributed by atoms with E-state index < -0.39 is 0 Å². The molecule has 1 amide bonds. The maximum Gasteiger partial charge on any atom is 0.271 e. The van der Waals surface area contributed by atoms with Gasteiger partial charge in [-0.25, -0.2) is 5.43 Å². The van der Waals surface area contributed by atoms with Crippen molar-refractivity contribution >= 4 is 46.3 Å². The number of halogens is 2. The van der Waals surface area contributed by atoms with Gasteiger partial charge in [0.2, 0.25) is 0 Å². The molecule has 0 saturated carbocycles. The van der Waals surface area contributed by atoms with Gasteiger partial charge in [0.05, 0.1) is 9.78 Å². The first-order valence-electron chi connectivity index (χ1n) is 8.58. The van der Waals surface area contributed by atoms with E-state index >= 15 is 0 Å². The molecule has 28 heavy (non-hydrogen) atoms. The van der Waals surface area contributed by atoms with Crippen LogP contribution >= 0.6 is 34.2 Å². The Hall–Kier alpha value is -2.38. The molecule has 0 bridgehead atoms. The van der Waals surface area contributed by atoms with Gasteiger partial charge in [0.25, 0.3) is 5.91 Å². The summed E-state index contributed by atoms with van der Waals surface area (Å²) in [6.07, 6.45) is 1.60. The number of benzene rings is 3. The van der Waals surface area contributed by atoms with E-state index in [0.717, 1.165) is 20.4 Å². The van der Waals surface area contributed by atoms with Crippen LogP contribution in [0.4, 0.5) is 0 Å². The number of ether oxygens (including phenoxy) is 1. The molecule has 142 valence electrons. The SMILES string of the molecule is Cc1cccc(COc2ccc(/C=N\NC(=O)c3ccc(Cl)cc3)cc2I)c1. The number of rotatable bonds is 6. The quantitative estimate of drug-likeness (QED) is 0.270. The Morgan fingerprint density at radius 2 is 1.93 bits per heavy atom. The van der Waals surface area contributed by atoms with E-state index in [1.165, 1.54) is 5.56 Å². The maximum atomic E-state index is 12.0. The summed E-state index contributed by atoms with van der Waals surface area (Å²) < 4.78 is 6.88. The van der Waals surface area contributed by atoms with Crippen LogP contribution in [0.25, 0.3) is 0 Å². The van der Waals surface area contributed by atoms with Gasteiger partial charge in [0.15, 0.2) is 0 Å². The van der Waals surface area contributed by atoms with Crippen LogP contribution in [0.5, 0.6) is 5.75 Å². The van der Waals surface area contributed by atoms with E-state index in [-0.39, 0.29) is 5.91 Å². The summed E-state index contributed by atoms with van der Waals surface area (Å²) >= 11 is 8.05. The average molecular weight is 505 g/mol. The molecule has 0 aliphatic carbocycles. The van der Waals surface area contributed by atoms with Crippen LogP contribution in [0.2, 0.25) is 5.02 Å². The maximum absolute atomic E-state index is 12.0. The zero-order chi connectivity index (χ0) is 19.9. The van der Waals surface area contributed by atoms with Crippen LogP contribution in [-0.4, -0.2) is 12.1 Å². The van der Waals surface area contributed by atoms with E-state index in [9.17, 15) is 4.79 Å². The topological polar surface area (TPSA) is 50.7 Å². The minimum absolute atomic E-state index is 0.291. The first-order chi connectivity index (χ1) is 13.5. The van der Waals surface area contributed by atoms with Crippen LogP contribution < -0.4 is 10.2 Å². The molecule has 3 aromatic rings. The number of hydrogen-bond donors (Lipinski definition) is 1. The standard InChI is InChI=1S/C22H18ClIN2O2/c1-15-3-2-4-17(11-15)14-28-21-10-5-16(12-20(21)24)13-25-26-22(27)18-6-8-19(23)9-7-18/h2-13H,14H2,1H3,(H,26,27)/b25-13-. The molecule has 0 fully saturated rings. The fourth-order valence-corrected chi connectivity index (χ4v) is 3.33. The second-order valence-electron chi connectivity index (χ2n) is 6.17. The molecule has 0 aromatic heterocycles. The number of nitrogens with one attached hydrogen (secondary N) is 1. The lowest BCUT2D eigenvalue weighted by atomic mass is 10.1. The second-order valence-corrected chi connectivity index (χ2v) is 7.77. The number of carbonyl (C=O) groups excluding carboxylic acids is 1. The third-order valence-corrected chi connectivity index (χ3v) is 5.01. The summed E-state index contributed by atoms with van der Waals surface area (Å²) in [7, 11) is 0. The van der Waals surface area contributed by atoms with Crippen molar-refractivity contribution in [3.8, 4) is 5.75 Å². The van der Waals surface area contributed by atoms with E-state index in [2.05, 4.69) is 52.2 Å². The molecule has 3 rings (SSSR count). The van der Waals surface area contributed by atoms with Crippen molar-refractivity contribution in [2.45, 2.75) is 13.5 Å². The average Bonchev–Trinajstić information content (AvgIpc) is 2.68. The Kier molecular flexibility index (Phi) is 7.06. The monoisotopic (exact) mass is 504 g/mol. The molecule has 0 unspecified atom stereocenters. The van der Waals surface area contributed by atoms with Crippen LogP contribution in [0, 0.1) is 10.5 Å². The summed E-state index contributed by atoms with van der Waals surface area (Å²) in [6, 6.07) is 20.6. The highest BCUT2D eigenvalue weighted by atomic mass is 127. The van der Waals surface area contributed by atoms with Crippen LogP contribution in [0.1, 0.15) is 27.0 Å². The predicted octanol–water partition coefficient (Wildman–Crippen LogP) is 5.60. The molecule has 3 aromatic carbocycles. The fraction of sp³-hybridized carbons (Fsp3) is 0.0909. The Morgan fingerprint density at radius 1 is 1.14 bits per heavy atom. The molecular weight excluding hydrogens is 487 g/mol. The summed E-state index contributed by atoms with van der Waals surface area (Å²) in [5.41, 5.74) is 6.21. The highest BCUT2D eigenvalue weighted by Crippen LogP contribution is 2.23. The Balaban J connectivity index is 1.58. The number of hydrogen-bond acceptors (Lipinski definition) is 3. The van der Waals surface area contributed by atoms with E-state index in [0.29, 0.717) is 17.2 Å². The van der Waals surface area contributed by atoms with E-state index in [1.807, 2.05) is 30.3 Å². The molecular formula is C22H18ClIN2O2. The molecule has 0 aliphatic heterocycles. The van der Waals surface area contributed by atoms with Gasteiger partial charge < -0.3 is 4.74 Å². The summed E-state index contributed by atoms with van der Waals surface area (Å²) in [6.45, 7) is 2.58. The molecule has 6 heteroatoms. The van der Waals surface area contributed by atoms with Gasteiger partial charge in [0.1, 0.15) is 12.4 Å². The lowest BCUT2D eigenvalue weighted by Crippen LogP contribution is -2.17. The molecule has 0 heterocycles. The van der Waals surface area contributed by atoms with Gasteiger partial charge in [0, 0.05) is 10.6 Å². The van der Waals surface area contributed by atoms with Gasteiger partial charge in [-0.05, 0) is 83.1 Å². The summed E-state index contributed by atoms with van der Waals surface area (Å²) in [5.74, 6) is 0.519. The summed E-state index contributed by atoms with van der Waals surface area (Å²) in [4.78, 5) is 12.0. The number of amides is 1. The zero-order valence-electron chi connectivity index (χ0n) is 15.2. The first kappa shape index (κ1) is 20.4. The van der Waals surface area contributed by atoms with Crippen LogP contribution in [0.3, 0.4) is 0 Å². The molecule has 0 atom stereocenters. The number of nitrogens with zero attached hydrogens (tertiary/aromatic N) is 1. The Bertz CT molecular complexity index is 1000. The summed E-state index contributed by atoms with van der Waals surface area (Å²) in [5, 5.41) is 4.60. The fourth-order valence-electron chi connectivity index (χ4n) is 2.51. The molecule has 0 saturated heterocycles. The van der Waals surface area contributed by atoms with Crippen LogP contribution in [-0.2, 0) is 6.61 Å². The van der Waals surface area contributed by atoms with Crippen molar-refractivity contribution in [2.75, 3.05) is 0 Å². The van der Waals surface area contributed by atoms with Crippen molar-refractivity contribution in [1.29, 1.82) is 0 Å². The van der Waals surface area contributed by atoms with E-state index in [1.54, 1.807) is 30.5 Å². The lowest BCUT2D eigenvalue weighted by molar-refractivity contribution is 0.0955. The highest BCUT2D eigenvalue weighted by Gasteiger charge is 2.05. The minimum atomic E-state index is -0.291. The number of carbonyl (C=O) groups is 1. The van der Waals surface area contributed by atoms with Crippen molar-refractivity contribution in [2.24, 2.45) is 5.10 Å². The number of aryl methyl sites for hydroxylation is 1. The predicted molar refractivity (Wildman–Crippen MR) is 121 cm³/mol. The Morgan fingerprint density at radius 3 is 2.64 bits per heavy atom. The second kappa shape index (κ2) is 9.71. The normalized spacial score (nSPS) is 10.8. The smallest absolute Gasteiger partial charge is 0.271 e. The third-order valence-electron chi connectivity index (χ3n) is 3.92. The van der Waals surface area contributed by atoms with E-state index in [4.69, 9.17) is 16.3 Å². The number of hydrazone groups is 1. The largest absolute Gasteiger partial charge is 0.488 e. The van der Waals surface area contributed by atoms with Crippen molar-refractivity contribution in [3.05, 3.63) is 97.6 Å². The molecule has 0 spiro atoms. The van der Waals surface area contributed by atoms with Gasteiger partial charge in [-0.15, -0.1) is 0 Å². The zero-order valence-corrected chi connectivity index (χ0v) is 18.1. The van der Waals surface area contributed by atoms with Crippen molar-refractivity contribution in [3.63, 3.8) is 0 Å². The molecule has 1 N–H and O–H groups in total. The van der Waals surface area contributed by atoms with Crippen molar-refractivity contribution in [1.82, 2.24) is 5.43 Å². The first-order valence-corrected chi connectivity index (χ1v) is 10.0. The van der Waals surface area contributed by atoms with Gasteiger partial charge in [-0.2, -0.15) is 5.10 Å². The highest BCUT2D eigenvalue weighted by molar-refractivity contribution is 14.1. The molecule has 0 aliphatic rings. The Labute approximate surface area is 182 Å². The van der Waals surface area contributed by atoms with Gasteiger partial charge in [-0.1, -0.05) is 41.4 Å². The molecule has 0 radical (unpaired) electrons. The molecule has 4 nitrogen and oxygen atoms in total. The minimum Gasteiger partial charge on any atom is -0.488 e. The van der Waals surface area contributed by atoms with Gasteiger partial charge in [-0.3, -0.25) is 4.79 Å². The third kappa shape index (κ3) is 5.81.